The Labute approximate surface area is 132 Å². The van der Waals surface area contributed by atoms with E-state index >= 15 is 0 Å². The topological polar surface area (TPSA) is 15.3 Å². The van der Waals surface area contributed by atoms with Crippen molar-refractivity contribution in [2.75, 3.05) is 20.6 Å². The van der Waals surface area contributed by atoms with Crippen LogP contribution < -0.4 is 5.32 Å². The smallest absolute Gasteiger partial charge is 0.0329 e. The highest BCUT2D eigenvalue weighted by atomic mass is 79.9. The van der Waals surface area contributed by atoms with E-state index < -0.39 is 0 Å². The van der Waals surface area contributed by atoms with Crippen molar-refractivity contribution >= 4 is 15.9 Å². The van der Waals surface area contributed by atoms with Gasteiger partial charge in [-0.15, -0.1) is 0 Å². The number of halogens is 1. The van der Waals surface area contributed by atoms with E-state index in [0.29, 0.717) is 6.04 Å². The summed E-state index contributed by atoms with van der Waals surface area (Å²) in [5.74, 6) is 0. The monoisotopic (exact) mass is 338 g/mol. The van der Waals surface area contributed by atoms with E-state index in [-0.39, 0.29) is 0 Å². The third kappa shape index (κ3) is 4.57. The third-order valence-electron chi connectivity index (χ3n) is 4.59. The van der Waals surface area contributed by atoms with Crippen LogP contribution in [-0.4, -0.2) is 31.6 Å². The van der Waals surface area contributed by atoms with Gasteiger partial charge in [0.25, 0.3) is 0 Å². The maximum Gasteiger partial charge on any atom is 0.0329 e. The Morgan fingerprint density at radius 3 is 2.45 bits per heavy atom. The molecule has 0 heterocycles. The standard InChI is InChI=1S/C17H27BrN2/c1-19-17(14-8-10-15(18)11-9-14)12-13-20(2)16-6-4-3-5-7-16/h8-11,16-17,19H,3-7,12-13H2,1-2H3. The van der Waals surface area contributed by atoms with Gasteiger partial charge >= 0.3 is 0 Å². The summed E-state index contributed by atoms with van der Waals surface area (Å²) in [6.45, 7) is 1.17. The Hall–Kier alpha value is -0.380. The molecule has 0 saturated heterocycles. The number of rotatable bonds is 6. The Bertz CT molecular complexity index is 384. The van der Waals surface area contributed by atoms with Crippen LogP contribution in [0.4, 0.5) is 0 Å². The molecule has 0 spiro atoms. The fourth-order valence-corrected chi connectivity index (χ4v) is 3.47. The van der Waals surface area contributed by atoms with Gasteiger partial charge in [0.2, 0.25) is 0 Å². The van der Waals surface area contributed by atoms with Gasteiger partial charge in [0.1, 0.15) is 0 Å². The molecule has 2 nitrogen and oxygen atoms in total. The molecular formula is C17H27BrN2. The molecule has 2 rings (SSSR count). The second kappa shape index (κ2) is 8.16. The Morgan fingerprint density at radius 2 is 1.85 bits per heavy atom. The van der Waals surface area contributed by atoms with Gasteiger partial charge in [0.15, 0.2) is 0 Å². The lowest BCUT2D eigenvalue weighted by Gasteiger charge is -2.32. The second-order valence-electron chi connectivity index (χ2n) is 5.95. The molecule has 1 saturated carbocycles. The summed E-state index contributed by atoms with van der Waals surface area (Å²) in [5.41, 5.74) is 1.38. The molecule has 0 aliphatic heterocycles. The number of nitrogens with one attached hydrogen (secondary N) is 1. The molecule has 1 unspecified atom stereocenters. The summed E-state index contributed by atoms with van der Waals surface area (Å²) in [6, 6.07) is 9.95. The van der Waals surface area contributed by atoms with Gasteiger partial charge in [-0.1, -0.05) is 47.3 Å². The summed E-state index contributed by atoms with van der Waals surface area (Å²) < 4.78 is 1.15. The van der Waals surface area contributed by atoms with E-state index in [1.165, 1.54) is 50.6 Å². The highest BCUT2D eigenvalue weighted by Gasteiger charge is 2.19. The zero-order chi connectivity index (χ0) is 14.4. The molecule has 0 aromatic heterocycles. The molecule has 0 amide bonds. The highest BCUT2D eigenvalue weighted by molar-refractivity contribution is 9.10. The summed E-state index contributed by atoms with van der Waals surface area (Å²) in [4.78, 5) is 2.57. The zero-order valence-electron chi connectivity index (χ0n) is 12.7. The SMILES string of the molecule is CNC(CCN(C)C1CCCCC1)c1ccc(Br)cc1. The first-order valence-electron chi connectivity index (χ1n) is 7.83. The normalized spacial score (nSPS) is 18.4. The van der Waals surface area contributed by atoms with Crippen LogP contribution in [0.5, 0.6) is 0 Å². The number of hydrogen-bond donors (Lipinski definition) is 1. The molecule has 1 fully saturated rings. The van der Waals surface area contributed by atoms with Crippen LogP contribution in [0.1, 0.15) is 50.1 Å². The van der Waals surface area contributed by atoms with Crippen molar-refractivity contribution in [2.24, 2.45) is 0 Å². The maximum absolute atomic E-state index is 3.50. The molecule has 0 radical (unpaired) electrons. The maximum atomic E-state index is 3.50. The first kappa shape index (κ1) is 16.0. The fourth-order valence-electron chi connectivity index (χ4n) is 3.21. The predicted molar refractivity (Wildman–Crippen MR) is 90.1 cm³/mol. The molecular weight excluding hydrogens is 312 g/mol. The summed E-state index contributed by atoms with van der Waals surface area (Å²) in [7, 11) is 4.36. The lowest BCUT2D eigenvalue weighted by atomic mass is 9.94. The van der Waals surface area contributed by atoms with Crippen molar-refractivity contribution < 1.29 is 0 Å². The predicted octanol–water partition coefficient (Wildman–Crippen LogP) is 4.36. The van der Waals surface area contributed by atoms with Crippen molar-refractivity contribution in [1.29, 1.82) is 0 Å². The third-order valence-corrected chi connectivity index (χ3v) is 5.12. The Morgan fingerprint density at radius 1 is 1.20 bits per heavy atom. The average Bonchev–Trinajstić information content (AvgIpc) is 2.50. The van der Waals surface area contributed by atoms with Gasteiger partial charge in [0.05, 0.1) is 0 Å². The van der Waals surface area contributed by atoms with E-state index in [4.69, 9.17) is 0 Å². The summed E-state index contributed by atoms with van der Waals surface area (Å²) in [6.07, 6.45) is 8.21. The zero-order valence-corrected chi connectivity index (χ0v) is 14.3. The average molecular weight is 339 g/mol. The van der Waals surface area contributed by atoms with Crippen LogP contribution >= 0.6 is 15.9 Å². The largest absolute Gasteiger partial charge is 0.313 e. The number of nitrogens with zero attached hydrogens (tertiary/aromatic N) is 1. The molecule has 3 heteroatoms. The van der Waals surface area contributed by atoms with Crippen LogP contribution in [0.3, 0.4) is 0 Å². The molecule has 1 aliphatic carbocycles. The van der Waals surface area contributed by atoms with Crippen molar-refractivity contribution in [3.05, 3.63) is 34.3 Å². The van der Waals surface area contributed by atoms with Crippen molar-refractivity contribution in [2.45, 2.75) is 50.6 Å². The van der Waals surface area contributed by atoms with Crippen molar-refractivity contribution in [3.8, 4) is 0 Å². The van der Waals surface area contributed by atoms with Gasteiger partial charge < -0.3 is 10.2 Å². The Kier molecular flexibility index (Phi) is 6.53. The van der Waals surface area contributed by atoms with Crippen LogP contribution in [-0.2, 0) is 0 Å². The lowest BCUT2D eigenvalue weighted by molar-refractivity contribution is 0.184. The molecule has 20 heavy (non-hydrogen) atoms. The van der Waals surface area contributed by atoms with Gasteiger partial charge in [0, 0.05) is 16.6 Å². The van der Waals surface area contributed by atoms with E-state index in [0.717, 1.165) is 10.5 Å². The van der Waals surface area contributed by atoms with E-state index in [9.17, 15) is 0 Å². The molecule has 1 N–H and O–H groups in total. The fraction of sp³-hybridized carbons (Fsp3) is 0.647. The van der Waals surface area contributed by atoms with Crippen LogP contribution in [0.25, 0.3) is 0 Å². The van der Waals surface area contributed by atoms with Crippen LogP contribution in [0.2, 0.25) is 0 Å². The summed E-state index contributed by atoms with van der Waals surface area (Å²) >= 11 is 3.50. The minimum Gasteiger partial charge on any atom is -0.313 e. The highest BCUT2D eigenvalue weighted by Crippen LogP contribution is 2.24. The van der Waals surface area contributed by atoms with Crippen LogP contribution in [0.15, 0.2) is 28.7 Å². The number of hydrogen-bond acceptors (Lipinski definition) is 2. The molecule has 1 aromatic carbocycles. The van der Waals surface area contributed by atoms with Crippen molar-refractivity contribution in [1.82, 2.24) is 10.2 Å². The first-order chi connectivity index (χ1) is 9.70. The van der Waals surface area contributed by atoms with Crippen molar-refractivity contribution in [3.63, 3.8) is 0 Å². The van der Waals surface area contributed by atoms with E-state index in [1.54, 1.807) is 0 Å². The second-order valence-corrected chi connectivity index (χ2v) is 6.87. The van der Waals surface area contributed by atoms with E-state index in [2.05, 4.69) is 64.5 Å². The minimum atomic E-state index is 0.453. The molecule has 1 aliphatic rings. The van der Waals surface area contributed by atoms with Gasteiger partial charge in [-0.05, 0) is 57.6 Å². The number of benzene rings is 1. The molecule has 1 aromatic rings. The van der Waals surface area contributed by atoms with Gasteiger partial charge in [-0.2, -0.15) is 0 Å². The first-order valence-corrected chi connectivity index (χ1v) is 8.63. The molecule has 1 atom stereocenters. The quantitative estimate of drug-likeness (QED) is 0.828. The van der Waals surface area contributed by atoms with E-state index in [1.807, 2.05) is 0 Å². The molecule has 0 bridgehead atoms. The van der Waals surface area contributed by atoms with Gasteiger partial charge in [-0.25, -0.2) is 0 Å². The molecule has 112 valence electrons. The minimum absolute atomic E-state index is 0.453. The Balaban J connectivity index is 1.85. The van der Waals surface area contributed by atoms with Gasteiger partial charge in [-0.3, -0.25) is 0 Å². The lowest BCUT2D eigenvalue weighted by Crippen LogP contribution is -2.35. The van der Waals surface area contributed by atoms with Crippen LogP contribution in [0, 0.1) is 0 Å². The summed E-state index contributed by atoms with van der Waals surface area (Å²) in [5, 5.41) is 3.45.